The third-order valence-corrected chi connectivity index (χ3v) is 4.11. The largest absolute Gasteiger partial charge is 0.467 e. The number of halogens is 2. The van der Waals surface area contributed by atoms with Crippen LogP contribution in [-0.2, 0) is 14.3 Å². The highest BCUT2D eigenvalue weighted by Crippen LogP contribution is 2.37. The fourth-order valence-corrected chi connectivity index (χ4v) is 2.71. The number of carbonyl (C=O) groups is 2. The Morgan fingerprint density at radius 2 is 2.11 bits per heavy atom. The Morgan fingerprint density at radius 1 is 1.50 bits per heavy atom. The van der Waals surface area contributed by atoms with Crippen LogP contribution in [0.25, 0.3) is 0 Å². The lowest BCUT2D eigenvalue weighted by atomic mass is 10.0. The van der Waals surface area contributed by atoms with Gasteiger partial charge in [0.2, 0.25) is 6.41 Å². The summed E-state index contributed by atoms with van der Waals surface area (Å²) in [7, 11) is 1.27. The summed E-state index contributed by atoms with van der Waals surface area (Å²) >= 11 is 12.6. The van der Waals surface area contributed by atoms with Crippen molar-refractivity contribution in [2.24, 2.45) is 5.92 Å². The molecule has 1 aromatic heterocycles. The molecule has 0 bridgehead atoms. The van der Waals surface area contributed by atoms with Crippen molar-refractivity contribution in [3.05, 3.63) is 10.2 Å². The minimum Gasteiger partial charge on any atom is -0.467 e. The molecule has 1 aromatic rings. The van der Waals surface area contributed by atoms with Gasteiger partial charge in [0, 0.05) is 0 Å². The van der Waals surface area contributed by atoms with Gasteiger partial charge in [-0.25, -0.2) is 4.79 Å². The highest BCUT2D eigenvalue weighted by molar-refractivity contribution is 7.11. The number of amides is 1. The van der Waals surface area contributed by atoms with Crippen LogP contribution in [0.5, 0.6) is 0 Å². The fraction of sp³-hybridized carbons (Fsp3) is 0.500. The predicted octanol–water partition coefficient (Wildman–Crippen LogP) is 2.61. The Balaban J connectivity index is 3.18. The summed E-state index contributed by atoms with van der Waals surface area (Å²) in [6.45, 7) is 3.60. The summed E-state index contributed by atoms with van der Waals surface area (Å²) in [6.07, 6.45) is 0.525. The Bertz CT molecular complexity index is 450. The maximum absolute atomic E-state index is 11.7. The smallest absolute Gasteiger partial charge is 0.329 e. The van der Waals surface area contributed by atoms with Crippen LogP contribution in [0.2, 0.25) is 10.2 Å². The van der Waals surface area contributed by atoms with Gasteiger partial charge in [0.1, 0.15) is 16.1 Å². The molecule has 0 aliphatic carbocycles. The Labute approximate surface area is 119 Å². The molecule has 1 heterocycles. The summed E-state index contributed by atoms with van der Waals surface area (Å²) in [6, 6.07) is -0.762. The molecule has 1 rings (SSSR count). The van der Waals surface area contributed by atoms with Crippen molar-refractivity contribution < 1.29 is 14.3 Å². The number of esters is 1. The molecule has 0 fully saturated rings. The summed E-state index contributed by atoms with van der Waals surface area (Å²) in [5.74, 6) is -0.655. The second kappa shape index (κ2) is 6.36. The zero-order valence-electron chi connectivity index (χ0n) is 10.0. The Hall–Kier alpha value is -0.850. The van der Waals surface area contributed by atoms with Crippen LogP contribution in [0.1, 0.15) is 13.8 Å². The van der Waals surface area contributed by atoms with Crippen LogP contribution in [-0.4, -0.2) is 29.9 Å². The van der Waals surface area contributed by atoms with E-state index in [0.717, 1.165) is 11.5 Å². The molecular weight excluding hydrogens is 299 g/mol. The number of hydrogen-bond donors (Lipinski definition) is 0. The van der Waals surface area contributed by atoms with Gasteiger partial charge in [0.15, 0.2) is 5.15 Å². The van der Waals surface area contributed by atoms with Crippen LogP contribution < -0.4 is 4.90 Å². The third-order valence-electron chi connectivity index (χ3n) is 2.30. The molecule has 18 heavy (non-hydrogen) atoms. The molecule has 0 aliphatic heterocycles. The van der Waals surface area contributed by atoms with Crippen LogP contribution in [0, 0.1) is 5.92 Å². The van der Waals surface area contributed by atoms with Crippen molar-refractivity contribution >= 4 is 52.1 Å². The first-order valence-electron chi connectivity index (χ1n) is 5.06. The average Bonchev–Trinajstić information content (AvgIpc) is 2.66. The topological polar surface area (TPSA) is 59.5 Å². The normalized spacial score (nSPS) is 12.3. The monoisotopic (exact) mass is 310 g/mol. The quantitative estimate of drug-likeness (QED) is 0.619. The molecule has 1 amide bonds. The number of hydrogen-bond acceptors (Lipinski definition) is 5. The SMILES string of the molecule is COC(=O)C(C(C)C)N(C=O)c1snc(Cl)c1Cl. The van der Waals surface area contributed by atoms with Gasteiger partial charge in [-0.1, -0.05) is 37.0 Å². The average molecular weight is 311 g/mol. The van der Waals surface area contributed by atoms with Gasteiger partial charge < -0.3 is 4.74 Å². The van der Waals surface area contributed by atoms with Crippen molar-refractivity contribution in [3.63, 3.8) is 0 Å². The fourth-order valence-electron chi connectivity index (χ4n) is 1.48. The van der Waals surface area contributed by atoms with Crippen LogP contribution in [0.3, 0.4) is 0 Å². The molecular formula is C10H12Cl2N2O3S. The van der Waals surface area contributed by atoms with Crippen molar-refractivity contribution in [2.75, 3.05) is 12.0 Å². The van der Waals surface area contributed by atoms with E-state index in [2.05, 4.69) is 4.37 Å². The number of methoxy groups -OCH3 is 1. The molecule has 0 aromatic carbocycles. The number of carbonyl (C=O) groups excluding carboxylic acids is 2. The zero-order valence-corrected chi connectivity index (χ0v) is 12.3. The van der Waals surface area contributed by atoms with Gasteiger partial charge in [-0.15, -0.1) is 0 Å². The molecule has 1 unspecified atom stereocenters. The molecule has 0 N–H and O–H groups in total. The molecule has 0 spiro atoms. The van der Waals surface area contributed by atoms with E-state index in [4.69, 9.17) is 27.9 Å². The van der Waals surface area contributed by atoms with E-state index in [1.54, 1.807) is 13.8 Å². The van der Waals surface area contributed by atoms with Crippen molar-refractivity contribution in [1.82, 2.24) is 4.37 Å². The highest BCUT2D eigenvalue weighted by atomic mass is 35.5. The highest BCUT2D eigenvalue weighted by Gasteiger charge is 2.33. The van der Waals surface area contributed by atoms with Crippen molar-refractivity contribution in [1.29, 1.82) is 0 Å². The molecule has 0 radical (unpaired) electrons. The number of aromatic nitrogens is 1. The number of ether oxygens (including phenoxy) is 1. The van der Waals surface area contributed by atoms with Gasteiger partial charge in [-0.05, 0) is 17.5 Å². The molecule has 8 heteroatoms. The minimum atomic E-state index is -0.762. The zero-order chi connectivity index (χ0) is 13.9. The molecule has 0 saturated carbocycles. The molecule has 100 valence electrons. The van der Waals surface area contributed by atoms with Crippen molar-refractivity contribution in [2.45, 2.75) is 19.9 Å². The van der Waals surface area contributed by atoms with E-state index in [1.165, 1.54) is 12.0 Å². The molecule has 1 atom stereocenters. The second-order valence-corrected chi connectivity index (χ2v) is 5.31. The third kappa shape index (κ3) is 2.93. The van der Waals surface area contributed by atoms with E-state index < -0.39 is 12.0 Å². The lowest BCUT2D eigenvalue weighted by Crippen LogP contribution is -2.44. The van der Waals surface area contributed by atoms with E-state index >= 15 is 0 Å². The Morgan fingerprint density at radius 3 is 2.44 bits per heavy atom. The number of rotatable bonds is 5. The lowest BCUT2D eigenvalue weighted by molar-refractivity contribution is -0.144. The molecule has 5 nitrogen and oxygen atoms in total. The standard InChI is InChI=1S/C10H12Cl2N2O3S/c1-5(2)7(10(16)17-3)14(4-15)9-6(11)8(12)13-18-9/h4-5,7H,1-3H3. The molecule has 0 aliphatic rings. The van der Waals surface area contributed by atoms with Gasteiger partial charge in [0.05, 0.1) is 7.11 Å². The first-order valence-corrected chi connectivity index (χ1v) is 6.59. The number of nitrogens with zero attached hydrogens (tertiary/aromatic N) is 2. The minimum absolute atomic E-state index is 0.107. The van der Waals surface area contributed by atoms with E-state index in [1.807, 2.05) is 0 Å². The van der Waals surface area contributed by atoms with Gasteiger partial charge in [0.25, 0.3) is 0 Å². The van der Waals surface area contributed by atoms with E-state index in [9.17, 15) is 9.59 Å². The van der Waals surface area contributed by atoms with Gasteiger partial charge in [-0.3, -0.25) is 9.69 Å². The Kier molecular flexibility index (Phi) is 5.37. The van der Waals surface area contributed by atoms with Gasteiger partial charge >= 0.3 is 5.97 Å². The predicted molar refractivity (Wildman–Crippen MR) is 71.3 cm³/mol. The van der Waals surface area contributed by atoms with Gasteiger partial charge in [-0.2, -0.15) is 4.37 Å². The van der Waals surface area contributed by atoms with Crippen molar-refractivity contribution in [3.8, 4) is 0 Å². The maximum atomic E-state index is 11.7. The number of anilines is 1. The summed E-state index contributed by atoms with van der Waals surface area (Å²) in [5, 5.41) is 0.597. The van der Waals surface area contributed by atoms with E-state index in [0.29, 0.717) is 11.4 Å². The first-order chi connectivity index (χ1) is 8.43. The summed E-state index contributed by atoms with van der Waals surface area (Å²) in [4.78, 5) is 24.2. The molecule has 0 saturated heterocycles. The summed E-state index contributed by atoms with van der Waals surface area (Å²) < 4.78 is 8.53. The summed E-state index contributed by atoms with van der Waals surface area (Å²) in [5.41, 5.74) is 0. The second-order valence-electron chi connectivity index (χ2n) is 3.82. The van der Waals surface area contributed by atoms with Crippen LogP contribution in [0.4, 0.5) is 5.00 Å². The van der Waals surface area contributed by atoms with Crippen LogP contribution in [0.15, 0.2) is 0 Å². The first kappa shape index (κ1) is 15.2. The van der Waals surface area contributed by atoms with E-state index in [-0.39, 0.29) is 16.1 Å². The van der Waals surface area contributed by atoms with Crippen LogP contribution >= 0.6 is 34.7 Å². The lowest BCUT2D eigenvalue weighted by Gasteiger charge is -2.27. The maximum Gasteiger partial charge on any atom is 0.329 e.